The van der Waals surface area contributed by atoms with E-state index in [2.05, 4.69) is 10.3 Å². The molecule has 1 aliphatic heterocycles. The van der Waals surface area contributed by atoms with E-state index in [0.717, 1.165) is 11.3 Å². The Balaban J connectivity index is 1.70. The SMILES string of the molecule is O=C(Nc1nc(-c2ccc(Cl)c(Cl)c2)cs1)N1CCOCC1. The Morgan fingerprint density at radius 1 is 1.27 bits per heavy atom. The molecule has 0 atom stereocenters. The van der Waals surface area contributed by atoms with Crippen LogP contribution in [0.3, 0.4) is 0 Å². The molecule has 22 heavy (non-hydrogen) atoms. The van der Waals surface area contributed by atoms with Crippen molar-refractivity contribution in [2.75, 3.05) is 31.6 Å². The van der Waals surface area contributed by atoms with Crippen molar-refractivity contribution in [3.05, 3.63) is 33.6 Å². The highest BCUT2D eigenvalue weighted by atomic mass is 35.5. The molecule has 0 radical (unpaired) electrons. The van der Waals surface area contributed by atoms with E-state index in [0.29, 0.717) is 41.5 Å². The van der Waals surface area contributed by atoms with Gasteiger partial charge in [-0.2, -0.15) is 0 Å². The van der Waals surface area contributed by atoms with Crippen molar-refractivity contribution >= 4 is 45.7 Å². The molecule has 0 bridgehead atoms. The second kappa shape index (κ2) is 6.83. The Hall–Kier alpha value is -1.34. The molecule has 0 unspecified atom stereocenters. The van der Waals surface area contributed by atoms with Gasteiger partial charge in [0.2, 0.25) is 0 Å². The lowest BCUT2D eigenvalue weighted by atomic mass is 10.2. The van der Waals surface area contributed by atoms with Gasteiger partial charge in [-0.05, 0) is 12.1 Å². The zero-order valence-electron chi connectivity index (χ0n) is 11.5. The molecular formula is C14H13Cl2N3O2S. The fourth-order valence-electron chi connectivity index (χ4n) is 2.06. The van der Waals surface area contributed by atoms with E-state index in [9.17, 15) is 4.79 Å². The number of hydrogen-bond acceptors (Lipinski definition) is 4. The summed E-state index contributed by atoms with van der Waals surface area (Å²) in [5.41, 5.74) is 1.61. The van der Waals surface area contributed by atoms with Crippen LogP contribution < -0.4 is 5.32 Å². The van der Waals surface area contributed by atoms with E-state index >= 15 is 0 Å². The van der Waals surface area contributed by atoms with E-state index in [1.807, 2.05) is 11.4 Å². The van der Waals surface area contributed by atoms with Gasteiger partial charge in [-0.1, -0.05) is 29.3 Å². The largest absolute Gasteiger partial charge is 0.378 e. The first-order chi connectivity index (χ1) is 10.6. The van der Waals surface area contributed by atoms with Gasteiger partial charge in [0.1, 0.15) is 0 Å². The van der Waals surface area contributed by atoms with E-state index in [1.54, 1.807) is 17.0 Å². The van der Waals surface area contributed by atoms with E-state index in [-0.39, 0.29) is 6.03 Å². The standard InChI is InChI=1S/C14H13Cl2N3O2S/c15-10-2-1-9(7-11(10)16)12-8-22-13(17-12)18-14(20)19-3-5-21-6-4-19/h1-2,7-8H,3-6H2,(H,17,18,20). The number of urea groups is 1. The highest BCUT2D eigenvalue weighted by Crippen LogP contribution is 2.30. The number of hydrogen-bond donors (Lipinski definition) is 1. The van der Waals surface area contributed by atoms with Crippen LogP contribution in [0, 0.1) is 0 Å². The maximum Gasteiger partial charge on any atom is 0.323 e. The van der Waals surface area contributed by atoms with Crippen molar-refractivity contribution in [2.24, 2.45) is 0 Å². The molecule has 3 rings (SSSR count). The predicted octanol–water partition coefficient (Wildman–Crippen LogP) is 3.98. The number of benzene rings is 1. The van der Waals surface area contributed by atoms with Crippen LogP contribution in [0.5, 0.6) is 0 Å². The number of carbonyl (C=O) groups is 1. The van der Waals surface area contributed by atoms with E-state index in [1.165, 1.54) is 11.3 Å². The van der Waals surface area contributed by atoms with Gasteiger partial charge < -0.3 is 9.64 Å². The number of carbonyl (C=O) groups excluding carboxylic acids is 1. The number of halogens is 2. The number of ether oxygens (including phenoxy) is 1. The zero-order chi connectivity index (χ0) is 15.5. The first-order valence-electron chi connectivity index (χ1n) is 6.68. The van der Waals surface area contributed by atoms with E-state index in [4.69, 9.17) is 27.9 Å². The first kappa shape index (κ1) is 15.6. The highest BCUT2D eigenvalue weighted by molar-refractivity contribution is 7.14. The number of nitrogens with zero attached hydrogens (tertiary/aromatic N) is 2. The molecule has 5 nitrogen and oxygen atoms in total. The summed E-state index contributed by atoms with van der Waals surface area (Å²) < 4.78 is 5.22. The van der Waals surface area contributed by atoms with Gasteiger partial charge in [-0.15, -0.1) is 11.3 Å². The molecule has 0 saturated carbocycles. The topological polar surface area (TPSA) is 54.5 Å². The fraction of sp³-hybridized carbons (Fsp3) is 0.286. The van der Waals surface area contributed by atoms with Crippen molar-refractivity contribution in [3.8, 4) is 11.3 Å². The molecule has 0 spiro atoms. The van der Waals surface area contributed by atoms with Gasteiger partial charge in [-0.25, -0.2) is 9.78 Å². The maximum absolute atomic E-state index is 12.1. The summed E-state index contributed by atoms with van der Waals surface area (Å²) in [5.74, 6) is 0. The molecule has 8 heteroatoms. The summed E-state index contributed by atoms with van der Waals surface area (Å²) in [4.78, 5) is 18.2. The summed E-state index contributed by atoms with van der Waals surface area (Å²) >= 11 is 13.3. The smallest absolute Gasteiger partial charge is 0.323 e. The monoisotopic (exact) mass is 357 g/mol. The minimum Gasteiger partial charge on any atom is -0.378 e. The number of amides is 2. The molecule has 1 aliphatic rings. The lowest BCUT2D eigenvalue weighted by molar-refractivity contribution is 0.0564. The average Bonchev–Trinajstić information content (AvgIpc) is 2.99. The van der Waals surface area contributed by atoms with Crippen LogP contribution in [0.2, 0.25) is 10.0 Å². The minimum atomic E-state index is -0.154. The number of rotatable bonds is 2. The summed E-state index contributed by atoms with van der Waals surface area (Å²) in [6.07, 6.45) is 0. The number of morpholine rings is 1. The van der Waals surface area contributed by atoms with Gasteiger partial charge in [0, 0.05) is 24.0 Å². The molecule has 0 aliphatic carbocycles. The van der Waals surface area contributed by atoms with Crippen LogP contribution in [-0.4, -0.2) is 42.2 Å². The van der Waals surface area contributed by atoms with Gasteiger partial charge >= 0.3 is 6.03 Å². The van der Waals surface area contributed by atoms with Crippen LogP contribution in [0.4, 0.5) is 9.93 Å². The van der Waals surface area contributed by atoms with Crippen LogP contribution in [0.25, 0.3) is 11.3 Å². The number of nitrogens with one attached hydrogen (secondary N) is 1. The number of aromatic nitrogens is 1. The average molecular weight is 358 g/mol. The number of thiazole rings is 1. The molecule has 1 saturated heterocycles. The highest BCUT2D eigenvalue weighted by Gasteiger charge is 2.18. The van der Waals surface area contributed by atoms with Crippen LogP contribution >= 0.6 is 34.5 Å². The van der Waals surface area contributed by atoms with Crippen molar-refractivity contribution in [1.29, 1.82) is 0 Å². The molecule has 2 amide bonds. The van der Waals surface area contributed by atoms with Crippen molar-refractivity contribution in [1.82, 2.24) is 9.88 Å². The Labute approximate surface area is 141 Å². The van der Waals surface area contributed by atoms with Gasteiger partial charge in [0.25, 0.3) is 0 Å². The first-order valence-corrected chi connectivity index (χ1v) is 8.31. The molecule has 116 valence electrons. The Kier molecular flexibility index (Phi) is 4.83. The Morgan fingerprint density at radius 2 is 2.05 bits per heavy atom. The quantitative estimate of drug-likeness (QED) is 0.884. The van der Waals surface area contributed by atoms with Crippen molar-refractivity contribution < 1.29 is 9.53 Å². The summed E-state index contributed by atoms with van der Waals surface area (Å²) in [7, 11) is 0. The molecule has 2 aromatic rings. The fourth-order valence-corrected chi connectivity index (χ4v) is 3.06. The Morgan fingerprint density at radius 3 is 2.77 bits per heavy atom. The Bertz CT molecular complexity index is 686. The van der Waals surface area contributed by atoms with Crippen molar-refractivity contribution in [2.45, 2.75) is 0 Å². The molecular weight excluding hydrogens is 345 g/mol. The second-order valence-corrected chi connectivity index (χ2v) is 6.37. The van der Waals surface area contributed by atoms with Gasteiger partial charge in [0.05, 0.1) is 29.0 Å². The van der Waals surface area contributed by atoms with E-state index < -0.39 is 0 Å². The lowest BCUT2D eigenvalue weighted by Crippen LogP contribution is -2.43. The summed E-state index contributed by atoms with van der Waals surface area (Å²) in [5, 5.41) is 6.21. The maximum atomic E-state index is 12.1. The lowest BCUT2D eigenvalue weighted by Gasteiger charge is -2.26. The number of anilines is 1. The van der Waals surface area contributed by atoms with Crippen LogP contribution in [0.1, 0.15) is 0 Å². The molecule has 1 aromatic carbocycles. The zero-order valence-corrected chi connectivity index (χ0v) is 13.8. The normalized spacial score (nSPS) is 14.9. The molecule has 2 heterocycles. The summed E-state index contributed by atoms with van der Waals surface area (Å²) in [6, 6.07) is 5.17. The molecule has 1 aromatic heterocycles. The third kappa shape index (κ3) is 3.52. The third-order valence-electron chi connectivity index (χ3n) is 3.23. The molecule has 1 fully saturated rings. The van der Waals surface area contributed by atoms with Crippen LogP contribution in [-0.2, 0) is 4.74 Å². The summed E-state index contributed by atoms with van der Waals surface area (Å²) in [6.45, 7) is 2.33. The third-order valence-corrected chi connectivity index (χ3v) is 4.73. The second-order valence-electron chi connectivity index (χ2n) is 4.70. The van der Waals surface area contributed by atoms with Gasteiger partial charge in [0.15, 0.2) is 5.13 Å². The minimum absolute atomic E-state index is 0.154. The predicted molar refractivity (Wildman–Crippen MR) is 89.0 cm³/mol. The van der Waals surface area contributed by atoms with Crippen LogP contribution in [0.15, 0.2) is 23.6 Å². The van der Waals surface area contributed by atoms with Crippen molar-refractivity contribution in [3.63, 3.8) is 0 Å². The molecule has 1 N–H and O–H groups in total. The van der Waals surface area contributed by atoms with Gasteiger partial charge in [-0.3, -0.25) is 5.32 Å².